The smallest absolute Gasteiger partial charge is 0.0741 e. The summed E-state index contributed by atoms with van der Waals surface area (Å²) in [6.45, 7) is 13.4. The van der Waals surface area contributed by atoms with Gasteiger partial charge in [-0.05, 0) is 54.5 Å². The van der Waals surface area contributed by atoms with Gasteiger partial charge in [-0.2, -0.15) is 0 Å². The minimum atomic E-state index is 0.0905. The summed E-state index contributed by atoms with van der Waals surface area (Å²) in [5.74, 6) is 0. The number of para-hydroxylation sites is 1. The van der Waals surface area contributed by atoms with E-state index < -0.39 is 0 Å². The molecule has 1 nitrogen and oxygen atoms in total. The van der Waals surface area contributed by atoms with Crippen molar-refractivity contribution in [2.24, 2.45) is 0 Å². The molecule has 0 fully saturated rings. The van der Waals surface area contributed by atoms with Crippen molar-refractivity contribution >= 4 is 21.8 Å². The van der Waals surface area contributed by atoms with E-state index in [1.165, 1.54) is 33.0 Å². The number of nitrogens with zero attached hydrogens (tertiary/aromatic N) is 1. The first-order valence-corrected chi connectivity index (χ1v) is 7.60. The van der Waals surface area contributed by atoms with Crippen LogP contribution in [0.2, 0.25) is 0 Å². The molecule has 1 heterocycles. The number of benzene rings is 2. The van der Waals surface area contributed by atoms with Crippen molar-refractivity contribution in [3.8, 4) is 0 Å². The lowest BCUT2D eigenvalue weighted by Crippen LogP contribution is -2.14. The summed E-state index contributed by atoms with van der Waals surface area (Å²) in [6, 6.07) is 11.0. The molecule has 0 spiro atoms. The van der Waals surface area contributed by atoms with Crippen LogP contribution in [-0.2, 0) is 5.41 Å². The number of hydrogen-bond acceptors (Lipinski definition) is 1. The molecule has 21 heavy (non-hydrogen) atoms. The second-order valence-electron chi connectivity index (χ2n) is 7.18. The van der Waals surface area contributed by atoms with Gasteiger partial charge in [-0.15, -0.1) is 0 Å². The van der Waals surface area contributed by atoms with Crippen LogP contribution < -0.4 is 0 Å². The van der Waals surface area contributed by atoms with E-state index >= 15 is 0 Å². The summed E-state index contributed by atoms with van der Waals surface area (Å²) in [5, 5.41) is 2.62. The summed E-state index contributed by atoms with van der Waals surface area (Å²) in [5.41, 5.74) is 7.63. The van der Waals surface area contributed by atoms with Gasteiger partial charge in [0.2, 0.25) is 0 Å². The Kier molecular flexibility index (Phi) is 3.05. The van der Waals surface area contributed by atoms with Gasteiger partial charge in [-0.25, -0.2) is 4.98 Å². The third-order valence-electron chi connectivity index (χ3n) is 4.20. The molecule has 0 aliphatic carbocycles. The first kappa shape index (κ1) is 14.1. The molecule has 0 saturated carbocycles. The molecule has 3 aromatic rings. The van der Waals surface area contributed by atoms with E-state index in [2.05, 4.69) is 71.9 Å². The van der Waals surface area contributed by atoms with E-state index in [0.717, 1.165) is 11.0 Å². The summed E-state index contributed by atoms with van der Waals surface area (Å²) >= 11 is 0. The Bertz CT molecular complexity index is 851. The SMILES string of the molecule is Cc1cc(C)c2c(C(C)(C)C)c3cccc(C)c3nc2c1. The summed E-state index contributed by atoms with van der Waals surface area (Å²) in [6.07, 6.45) is 0. The number of pyridine rings is 1. The predicted octanol–water partition coefficient (Wildman–Crippen LogP) is 5.61. The normalized spacial score (nSPS) is 12.3. The second-order valence-corrected chi connectivity index (χ2v) is 7.18. The number of hydrogen-bond donors (Lipinski definition) is 0. The van der Waals surface area contributed by atoms with Crippen LogP contribution in [-0.4, -0.2) is 4.98 Å². The summed E-state index contributed by atoms with van der Waals surface area (Å²) in [7, 11) is 0. The molecule has 1 aromatic heterocycles. The fourth-order valence-corrected chi connectivity index (χ4v) is 3.40. The lowest BCUT2D eigenvalue weighted by Gasteiger charge is -2.25. The van der Waals surface area contributed by atoms with Crippen molar-refractivity contribution in [3.63, 3.8) is 0 Å². The van der Waals surface area contributed by atoms with Crippen LogP contribution in [0.15, 0.2) is 30.3 Å². The summed E-state index contributed by atoms with van der Waals surface area (Å²) < 4.78 is 0. The third kappa shape index (κ3) is 2.21. The topological polar surface area (TPSA) is 12.9 Å². The van der Waals surface area contributed by atoms with Crippen LogP contribution in [0.3, 0.4) is 0 Å². The molecular weight excluding hydrogens is 254 g/mol. The van der Waals surface area contributed by atoms with Gasteiger partial charge in [0.15, 0.2) is 0 Å². The van der Waals surface area contributed by atoms with E-state index in [9.17, 15) is 0 Å². The lowest BCUT2D eigenvalue weighted by molar-refractivity contribution is 0.600. The van der Waals surface area contributed by atoms with Gasteiger partial charge in [-0.3, -0.25) is 0 Å². The molecule has 0 bridgehead atoms. The van der Waals surface area contributed by atoms with Gasteiger partial charge in [0, 0.05) is 10.8 Å². The van der Waals surface area contributed by atoms with Gasteiger partial charge in [-0.1, -0.05) is 45.0 Å². The molecular formula is C20H23N. The molecule has 0 aliphatic rings. The van der Waals surface area contributed by atoms with Crippen LogP contribution in [0.1, 0.15) is 43.0 Å². The van der Waals surface area contributed by atoms with Gasteiger partial charge in [0.05, 0.1) is 11.0 Å². The van der Waals surface area contributed by atoms with Gasteiger partial charge >= 0.3 is 0 Å². The van der Waals surface area contributed by atoms with E-state index in [1.807, 2.05) is 0 Å². The van der Waals surface area contributed by atoms with Gasteiger partial charge in [0.1, 0.15) is 0 Å². The fourth-order valence-electron chi connectivity index (χ4n) is 3.40. The highest BCUT2D eigenvalue weighted by molar-refractivity contribution is 6.01. The van der Waals surface area contributed by atoms with Crippen LogP contribution in [0, 0.1) is 20.8 Å². The Labute approximate surface area is 127 Å². The van der Waals surface area contributed by atoms with Crippen LogP contribution in [0.25, 0.3) is 21.8 Å². The molecule has 0 amide bonds. The summed E-state index contributed by atoms with van der Waals surface area (Å²) in [4.78, 5) is 4.97. The number of aromatic nitrogens is 1. The Morgan fingerprint density at radius 3 is 2.29 bits per heavy atom. The fraction of sp³-hybridized carbons (Fsp3) is 0.350. The first-order chi connectivity index (χ1) is 9.79. The van der Waals surface area contributed by atoms with Gasteiger partial charge in [0.25, 0.3) is 0 Å². The molecule has 108 valence electrons. The highest BCUT2D eigenvalue weighted by Gasteiger charge is 2.22. The van der Waals surface area contributed by atoms with Crippen molar-refractivity contribution in [1.29, 1.82) is 0 Å². The second kappa shape index (κ2) is 4.56. The van der Waals surface area contributed by atoms with E-state index in [-0.39, 0.29) is 5.41 Å². The number of fused-ring (bicyclic) bond motifs is 2. The Morgan fingerprint density at radius 2 is 1.62 bits per heavy atom. The molecule has 1 heteroatoms. The molecule has 2 aromatic carbocycles. The molecule has 0 saturated heterocycles. The maximum Gasteiger partial charge on any atom is 0.0741 e. The molecule has 0 N–H and O–H groups in total. The molecule has 0 atom stereocenters. The van der Waals surface area contributed by atoms with Gasteiger partial charge < -0.3 is 0 Å². The quantitative estimate of drug-likeness (QED) is 0.487. The Morgan fingerprint density at radius 1 is 0.905 bits per heavy atom. The van der Waals surface area contributed by atoms with E-state index in [0.29, 0.717) is 0 Å². The lowest BCUT2D eigenvalue weighted by atomic mass is 9.80. The highest BCUT2D eigenvalue weighted by atomic mass is 14.7. The average Bonchev–Trinajstić information content (AvgIpc) is 2.36. The van der Waals surface area contributed by atoms with Crippen molar-refractivity contribution in [2.75, 3.05) is 0 Å². The van der Waals surface area contributed by atoms with Crippen molar-refractivity contribution in [1.82, 2.24) is 4.98 Å². The Hall–Kier alpha value is -1.89. The van der Waals surface area contributed by atoms with Crippen molar-refractivity contribution in [2.45, 2.75) is 47.0 Å². The maximum atomic E-state index is 4.97. The minimum Gasteiger partial charge on any atom is -0.247 e. The van der Waals surface area contributed by atoms with E-state index in [4.69, 9.17) is 4.98 Å². The van der Waals surface area contributed by atoms with Crippen molar-refractivity contribution in [3.05, 3.63) is 52.6 Å². The maximum absolute atomic E-state index is 4.97. The zero-order valence-electron chi connectivity index (χ0n) is 13.8. The zero-order chi connectivity index (χ0) is 15.4. The van der Waals surface area contributed by atoms with E-state index in [1.54, 1.807) is 0 Å². The third-order valence-corrected chi connectivity index (χ3v) is 4.20. The van der Waals surface area contributed by atoms with Crippen LogP contribution in [0.5, 0.6) is 0 Å². The minimum absolute atomic E-state index is 0.0905. The molecule has 0 aliphatic heterocycles. The molecule has 0 radical (unpaired) electrons. The standard InChI is InChI=1S/C20H23N/c1-12-10-14(3)17-16(11-12)21-19-13(2)8-7-9-15(19)18(17)20(4,5)6/h7-11H,1-6H3. The van der Waals surface area contributed by atoms with Crippen LogP contribution in [0.4, 0.5) is 0 Å². The van der Waals surface area contributed by atoms with Crippen molar-refractivity contribution < 1.29 is 0 Å². The Balaban J connectivity index is 2.65. The largest absolute Gasteiger partial charge is 0.247 e. The monoisotopic (exact) mass is 277 g/mol. The predicted molar refractivity (Wildman–Crippen MR) is 92.2 cm³/mol. The number of rotatable bonds is 0. The number of aryl methyl sites for hydroxylation is 3. The zero-order valence-corrected chi connectivity index (χ0v) is 13.8. The average molecular weight is 277 g/mol. The first-order valence-electron chi connectivity index (χ1n) is 7.60. The van der Waals surface area contributed by atoms with Crippen LogP contribution >= 0.6 is 0 Å². The highest BCUT2D eigenvalue weighted by Crippen LogP contribution is 2.38. The molecule has 3 rings (SSSR count). The molecule has 0 unspecified atom stereocenters.